The molecule has 0 aromatic heterocycles. The van der Waals surface area contributed by atoms with E-state index in [0.717, 1.165) is 36.3 Å². The van der Waals surface area contributed by atoms with Crippen LogP contribution in [-0.2, 0) is 13.2 Å². The van der Waals surface area contributed by atoms with E-state index in [9.17, 15) is 0 Å². The Morgan fingerprint density at radius 2 is 1.96 bits per heavy atom. The highest BCUT2D eigenvalue weighted by Crippen LogP contribution is 2.24. The largest absolute Gasteiger partial charge is 0.489 e. The summed E-state index contributed by atoms with van der Waals surface area (Å²) in [5.74, 6) is 0.944. The summed E-state index contributed by atoms with van der Waals surface area (Å²) in [5, 5.41) is 3.50. The van der Waals surface area contributed by atoms with Crippen LogP contribution < -0.4 is 10.1 Å². The van der Waals surface area contributed by atoms with Gasteiger partial charge in [0.25, 0.3) is 0 Å². The summed E-state index contributed by atoms with van der Waals surface area (Å²) in [6.45, 7) is 5.61. The predicted octanol–water partition coefficient (Wildman–Crippen LogP) is 4.38. The van der Waals surface area contributed by atoms with E-state index >= 15 is 0 Å². The van der Waals surface area contributed by atoms with Gasteiger partial charge >= 0.3 is 0 Å². The maximum absolute atomic E-state index is 6.06. The highest BCUT2D eigenvalue weighted by Gasteiger charge is 2.05. The third kappa shape index (κ3) is 6.63. The second-order valence-electron chi connectivity index (χ2n) is 6.36. The number of hydrogen-bond acceptors (Lipinski definition) is 3. The Kier molecular flexibility index (Phi) is 7.76. The molecule has 2 rings (SSSR count). The van der Waals surface area contributed by atoms with E-state index in [2.05, 4.69) is 77.5 Å². The molecule has 24 heavy (non-hydrogen) atoms. The lowest BCUT2D eigenvalue weighted by Gasteiger charge is -2.14. The van der Waals surface area contributed by atoms with Gasteiger partial charge in [-0.3, -0.25) is 0 Å². The Morgan fingerprint density at radius 1 is 1.12 bits per heavy atom. The van der Waals surface area contributed by atoms with Crippen molar-refractivity contribution in [1.29, 1.82) is 0 Å². The van der Waals surface area contributed by atoms with Gasteiger partial charge in [-0.05, 0) is 64.3 Å². The molecule has 130 valence electrons. The van der Waals surface area contributed by atoms with Crippen LogP contribution in [-0.4, -0.2) is 32.1 Å². The minimum absolute atomic E-state index is 0.594. The lowest BCUT2D eigenvalue weighted by atomic mass is 10.1. The van der Waals surface area contributed by atoms with E-state index < -0.39 is 0 Å². The number of halogens is 1. The third-order valence-corrected chi connectivity index (χ3v) is 4.27. The minimum atomic E-state index is 0.594. The van der Waals surface area contributed by atoms with Gasteiger partial charge in [-0.1, -0.05) is 45.8 Å². The first kappa shape index (κ1) is 19.0. The average Bonchev–Trinajstić information content (AvgIpc) is 2.53. The number of aryl methyl sites for hydroxylation is 1. The first-order chi connectivity index (χ1) is 11.5. The van der Waals surface area contributed by atoms with Crippen molar-refractivity contribution in [3.8, 4) is 5.75 Å². The van der Waals surface area contributed by atoms with Crippen molar-refractivity contribution < 1.29 is 4.74 Å². The molecule has 0 aliphatic rings. The van der Waals surface area contributed by atoms with Crippen LogP contribution in [0.2, 0.25) is 0 Å². The van der Waals surface area contributed by atoms with Crippen molar-refractivity contribution in [3.05, 3.63) is 63.6 Å². The van der Waals surface area contributed by atoms with E-state index in [0.29, 0.717) is 6.61 Å². The van der Waals surface area contributed by atoms with Crippen molar-refractivity contribution in [2.45, 2.75) is 26.5 Å². The molecule has 0 atom stereocenters. The van der Waals surface area contributed by atoms with Crippen molar-refractivity contribution in [3.63, 3.8) is 0 Å². The summed E-state index contributed by atoms with van der Waals surface area (Å²) in [4.78, 5) is 2.21. The molecule has 2 aromatic carbocycles. The number of benzene rings is 2. The summed E-state index contributed by atoms with van der Waals surface area (Å²) >= 11 is 3.55. The number of rotatable bonds is 9. The second-order valence-corrected chi connectivity index (χ2v) is 7.28. The van der Waals surface area contributed by atoms with E-state index in [4.69, 9.17) is 4.74 Å². The quantitative estimate of drug-likeness (QED) is 0.643. The molecule has 0 amide bonds. The third-order valence-electron chi connectivity index (χ3n) is 3.77. The van der Waals surface area contributed by atoms with Crippen molar-refractivity contribution in [2.75, 3.05) is 27.2 Å². The molecular weight excluding hydrogens is 364 g/mol. The van der Waals surface area contributed by atoms with E-state index in [1.54, 1.807) is 0 Å². The molecule has 0 bridgehead atoms. The average molecular weight is 391 g/mol. The fourth-order valence-corrected chi connectivity index (χ4v) is 2.94. The molecular formula is C20H27BrN2O. The topological polar surface area (TPSA) is 24.5 Å². The molecule has 0 heterocycles. The lowest BCUT2D eigenvalue weighted by Crippen LogP contribution is -2.21. The van der Waals surface area contributed by atoms with Crippen LogP contribution in [0, 0.1) is 6.92 Å². The predicted molar refractivity (Wildman–Crippen MR) is 105 cm³/mol. The molecule has 2 aromatic rings. The molecule has 0 saturated heterocycles. The Hall–Kier alpha value is -1.36. The summed E-state index contributed by atoms with van der Waals surface area (Å²) < 4.78 is 7.14. The van der Waals surface area contributed by atoms with Crippen LogP contribution in [0.15, 0.2) is 46.9 Å². The van der Waals surface area contributed by atoms with Crippen LogP contribution in [0.25, 0.3) is 0 Å². The summed E-state index contributed by atoms with van der Waals surface area (Å²) in [6, 6.07) is 14.6. The van der Waals surface area contributed by atoms with Gasteiger partial charge in [-0.15, -0.1) is 0 Å². The van der Waals surface area contributed by atoms with Gasteiger partial charge in [0.15, 0.2) is 0 Å². The fourth-order valence-electron chi connectivity index (χ4n) is 2.53. The monoisotopic (exact) mass is 390 g/mol. The number of nitrogens with one attached hydrogen (secondary N) is 1. The van der Waals surface area contributed by atoms with E-state index in [-0.39, 0.29) is 0 Å². The number of ether oxygens (including phenoxy) is 1. The molecule has 0 unspecified atom stereocenters. The molecule has 3 nitrogen and oxygen atoms in total. The molecule has 0 spiro atoms. The molecule has 0 radical (unpaired) electrons. The zero-order chi connectivity index (χ0) is 17.4. The van der Waals surface area contributed by atoms with Crippen LogP contribution >= 0.6 is 15.9 Å². The highest BCUT2D eigenvalue weighted by molar-refractivity contribution is 9.10. The van der Waals surface area contributed by atoms with Crippen molar-refractivity contribution in [2.24, 2.45) is 0 Å². The number of hydrogen-bond donors (Lipinski definition) is 1. The van der Waals surface area contributed by atoms with Gasteiger partial charge < -0.3 is 15.0 Å². The van der Waals surface area contributed by atoms with Crippen molar-refractivity contribution >= 4 is 15.9 Å². The second kappa shape index (κ2) is 9.82. The maximum atomic E-state index is 6.06. The van der Waals surface area contributed by atoms with Crippen LogP contribution in [0.4, 0.5) is 0 Å². The summed E-state index contributed by atoms with van der Waals surface area (Å²) in [7, 11) is 4.21. The van der Waals surface area contributed by atoms with Gasteiger partial charge in [-0.2, -0.15) is 0 Å². The number of nitrogens with zero attached hydrogens (tertiary/aromatic N) is 1. The minimum Gasteiger partial charge on any atom is -0.489 e. The van der Waals surface area contributed by atoms with Crippen molar-refractivity contribution in [1.82, 2.24) is 10.2 Å². The molecule has 0 aliphatic heterocycles. The standard InChI is InChI=1S/C20H27BrN2O/c1-16-6-4-7-17(12-16)15-24-20-9-8-19(21)13-18(20)14-22-10-5-11-23(2)3/h4,6-9,12-13,22H,5,10-11,14-15H2,1-3H3. The van der Waals surface area contributed by atoms with E-state index in [1.807, 2.05) is 12.1 Å². The van der Waals surface area contributed by atoms with Crippen LogP contribution in [0.1, 0.15) is 23.1 Å². The maximum Gasteiger partial charge on any atom is 0.124 e. The van der Waals surface area contributed by atoms with E-state index in [1.165, 1.54) is 16.7 Å². The van der Waals surface area contributed by atoms with Gasteiger partial charge in [0.05, 0.1) is 0 Å². The smallest absolute Gasteiger partial charge is 0.124 e. The summed E-state index contributed by atoms with van der Waals surface area (Å²) in [6.07, 6.45) is 1.14. The normalized spacial score (nSPS) is 11.0. The first-order valence-electron chi connectivity index (χ1n) is 8.37. The zero-order valence-corrected chi connectivity index (χ0v) is 16.4. The van der Waals surface area contributed by atoms with Gasteiger partial charge in [0, 0.05) is 16.6 Å². The molecule has 0 fully saturated rings. The molecule has 4 heteroatoms. The van der Waals surface area contributed by atoms with Gasteiger partial charge in [0.1, 0.15) is 12.4 Å². The highest BCUT2D eigenvalue weighted by atomic mass is 79.9. The van der Waals surface area contributed by atoms with Gasteiger partial charge in [-0.25, -0.2) is 0 Å². The lowest BCUT2D eigenvalue weighted by molar-refractivity contribution is 0.302. The molecule has 0 aliphatic carbocycles. The molecule has 0 saturated carbocycles. The SMILES string of the molecule is Cc1cccc(COc2ccc(Br)cc2CNCCCN(C)C)c1. The molecule has 1 N–H and O–H groups in total. The zero-order valence-electron chi connectivity index (χ0n) is 14.8. The van der Waals surface area contributed by atoms with Gasteiger partial charge in [0.2, 0.25) is 0 Å². The van der Waals surface area contributed by atoms with Crippen LogP contribution in [0.3, 0.4) is 0 Å². The Labute approximate surface area is 154 Å². The van der Waals surface area contributed by atoms with Crippen LogP contribution in [0.5, 0.6) is 5.75 Å². The summed E-state index contributed by atoms with van der Waals surface area (Å²) in [5.41, 5.74) is 3.64. The fraction of sp³-hybridized carbons (Fsp3) is 0.400. The Balaban J connectivity index is 1.91. The first-order valence-corrected chi connectivity index (χ1v) is 9.16. The Morgan fingerprint density at radius 3 is 2.71 bits per heavy atom. The Bertz CT molecular complexity index is 643.